The molecule has 1 spiro atoms. The van der Waals surface area contributed by atoms with Gasteiger partial charge < -0.3 is 10.1 Å². The van der Waals surface area contributed by atoms with Crippen LogP contribution in [0, 0.1) is 5.41 Å². The zero-order valence-corrected chi connectivity index (χ0v) is 12.8. The third kappa shape index (κ3) is 2.91. The second-order valence-electron chi connectivity index (χ2n) is 6.96. The standard InChI is InChI=1S/C18H27NO/c1-14(2)15-5-7-16(8-6-15)17-11-19-12-18(13-20-17)9-3-4-10-18/h5-8,14,17,19H,3-4,9-13H2,1-2H3. The molecule has 0 amide bonds. The summed E-state index contributed by atoms with van der Waals surface area (Å²) in [6.45, 7) is 7.48. The molecule has 1 N–H and O–H groups in total. The van der Waals surface area contributed by atoms with Gasteiger partial charge in [0.2, 0.25) is 0 Å². The summed E-state index contributed by atoms with van der Waals surface area (Å²) in [6.07, 6.45) is 5.63. The first-order chi connectivity index (χ1) is 9.69. The molecule has 1 heterocycles. The van der Waals surface area contributed by atoms with Crippen LogP contribution in [0.15, 0.2) is 24.3 Å². The van der Waals surface area contributed by atoms with Crippen LogP contribution in [0.4, 0.5) is 0 Å². The second kappa shape index (κ2) is 5.87. The summed E-state index contributed by atoms with van der Waals surface area (Å²) in [5.74, 6) is 0.596. The lowest BCUT2D eigenvalue weighted by atomic mass is 9.87. The number of nitrogens with one attached hydrogen (secondary N) is 1. The lowest BCUT2D eigenvalue weighted by Crippen LogP contribution is -2.32. The van der Waals surface area contributed by atoms with E-state index in [1.807, 2.05) is 0 Å². The van der Waals surface area contributed by atoms with E-state index in [4.69, 9.17) is 4.74 Å². The van der Waals surface area contributed by atoms with Gasteiger partial charge in [0.15, 0.2) is 0 Å². The molecule has 2 fully saturated rings. The monoisotopic (exact) mass is 273 g/mol. The van der Waals surface area contributed by atoms with E-state index in [1.165, 1.54) is 36.8 Å². The van der Waals surface area contributed by atoms with E-state index in [0.29, 0.717) is 11.3 Å². The molecule has 1 aliphatic heterocycles. The number of ether oxygens (including phenoxy) is 1. The molecule has 1 atom stereocenters. The fourth-order valence-electron chi connectivity index (χ4n) is 3.61. The van der Waals surface area contributed by atoms with Crippen molar-refractivity contribution >= 4 is 0 Å². The highest BCUT2D eigenvalue weighted by atomic mass is 16.5. The highest BCUT2D eigenvalue weighted by molar-refractivity contribution is 5.26. The summed E-state index contributed by atoms with van der Waals surface area (Å²) in [4.78, 5) is 0. The molecule has 110 valence electrons. The van der Waals surface area contributed by atoms with Gasteiger partial charge >= 0.3 is 0 Å². The van der Waals surface area contributed by atoms with Crippen LogP contribution in [0.3, 0.4) is 0 Å². The maximum Gasteiger partial charge on any atom is 0.0949 e. The van der Waals surface area contributed by atoms with Crippen LogP contribution in [-0.4, -0.2) is 19.7 Å². The lowest BCUT2D eigenvalue weighted by molar-refractivity contribution is 0.0158. The first-order valence-electron chi connectivity index (χ1n) is 8.11. The smallest absolute Gasteiger partial charge is 0.0949 e. The molecule has 1 unspecified atom stereocenters. The summed E-state index contributed by atoms with van der Waals surface area (Å²) < 4.78 is 6.26. The minimum atomic E-state index is 0.219. The normalized spacial score (nSPS) is 26.1. The molecule has 0 radical (unpaired) electrons. The van der Waals surface area contributed by atoms with Gasteiger partial charge in [-0.3, -0.25) is 0 Å². The molecule has 1 aliphatic carbocycles. The SMILES string of the molecule is CC(C)c1ccc(C2CNCC3(CCCC3)CO2)cc1. The molecule has 1 aromatic rings. The molecule has 2 heteroatoms. The van der Waals surface area contributed by atoms with Crippen LogP contribution in [0.25, 0.3) is 0 Å². The quantitative estimate of drug-likeness (QED) is 0.878. The Bertz CT molecular complexity index is 431. The fraction of sp³-hybridized carbons (Fsp3) is 0.667. The third-order valence-electron chi connectivity index (χ3n) is 5.06. The number of benzene rings is 1. The van der Waals surface area contributed by atoms with Crippen LogP contribution >= 0.6 is 0 Å². The molecule has 2 nitrogen and oxygen atoms in total. The minimum Gasteiger partial charge on any atom is -0.372 e. The van der Waals surface area contributed by atoms with Gasteiger partial charge in [-0.15, -0.1) is 0 Å². The summed E-state index contributed by atoms with van der Waals surface area (Å²) in [5.41, 5.74) is 3.15. The van der Waals surface area contributed by atoms with Gasteiger partial charge in [0.05, 0.1) is 12.7 Å². The Kier molecular flexibility index (Phi) is 4.13. The molecular formula is C18H27NO. The second-order valence-corrected chi connectivity index (χ2v) is 6.96. The molecule has 2 aliphatic rings. The summed E-state index contributed by atoms with van der Waals surface area (Å²) in [5, 5.41) is 3.64. The molecule has 1 saturated heterocycles. The Labute approximate surface area is 122 Å². The van der Waals surface area contributed by atoms with Crippen LogP contribution in [0.5, 0.6) is 0 Å². The van der Waals surface area contributed by atoms with Gasteiger partial charge in [-0.1, -0.05) is 51.0 Å². The topological polar surface area (TPSA) is 21.3 Å². The summed E-state index contributed by atoms with van der Waals surface area (Å²) >= 11 is 0. The predicted molar refractivity (Wildman–Crippen MR) is 83.0 cm³/mol. The van der Waals surface area contributed by atoms with Gasteiger partial charge in [0.1, 0.15) is 0 Å². The molecule has 1 aromatic carbocycles. The van der Waals surface area contributed by atoms with Gasteiger partial charge in [0.25, 0.3) is 0 Å². The lowest BCUT2D eigenvalue weighted by Gasteiger charge is -2.26. The van der Waals surface area contributed by atoms with E-state index in [0.717, 1.165) is 19.7 Å². The summed E-state index contributed by atoms with van der Waals surface area (Å²) in [7, 11) is 0. The third-order valence-corrected chi connectivity index (χ3v) is 5.06. The van der Waals surface area contributed by atoms with E-state index in [9.17, 15) is 0 Å². The first-order valence-corrected chi connectivity index (χ1v) is 8.11. The van der Waals surface area contributed by atoms with E-state index in [-0.39, 0.29) is 6.10 Å². The van der Waals surface area contributed by atoms with Crippen LogP contribution in [0.2, 0.25) is 0 Å². The van der Waals surface area contributed by atoms with Gasteiger partial charge in [-0.05, 0) is 29.9 Å². The molecule has 20 heavy (non-hydrogen) atoms. The zero-order chi connectivity index (χ0) is 14.0. The Morgan fingerprint density at radius 1 is 1.15 bits per heavy atom. The number of hydrogen-bond acceptors (Lipinski definition) is 2. The van der Waals surface area contributed by atoms with Crippen molar-refractivity contribution in [3.8, 4) is 0 Å². The van der Waals surface area contributed by atoms with Crippen LogP contribution < -0.4 is 5.32 Å². The van der Waals surface area contributed by atoms with Crippen LogP contribution in [-0.2, 0) is 4.74 Å². The number of hydrogen-bond donors (Lipinski definition) is 1. The van der Waals surface area contributed by atoms with Crippen molar-refractivity contribution in [3.63, 3.8) is 0 Å². The number of rotatable bonds is 2. The highest BCUT2D eigenvalue weighted by Crippen LogP contribution is 2.40. The van der Waals surface area contributed by atoms with E-state index >= 15 is 0 Å². The van der Waals surface area contributed by atoms with E-state index in [1.54, 1.807) is 0 Å². The summed E-state index contributed by atoms with van der Waals surface area (Å²) in [6, 6.07) is 8.99. The minimum absolute atomic E-state index is 0.219. The van der Waals surface area contributed by atoms with Crippen molar-refractivity contribution in [1.82, 2.24) is 5.32 Å². The maximum absolute atomic E-state index is 6.26. The Morgan fingerprint density at radius 2 is 1.85 bits per heavy atom. The van der Waals surface area contributed by atoms with Crippen molar-refractivity contribution in [2.75, 3.05) is 19.7 Å². The van der Waals surface area contributed by atoms with Gasteiger partial charge in [0, 0.05) is 18.5 Å². The van der Waals surface area contributed by atoms with Gasteiger partial charge in [-0.2, -0.15) is 0 Å². The van der Waals surface area contributed by atoms with Crippen molar-refractivity contribution < 1.29 is 4.74 Å². The Morgan fingerprint density at radius 3 is 2.50 bits per heavy atom. The molecule has 0 aromatic heterocycles. The molecular weight excluding hydrogens is 246 g/mol. The average molecular weight is 273 g/mol. The van der Waals surface area contributed by atoms with Crippen LogP contribution in [0.1, 0.15) is 62.7 Å². The van der Waals surface area contributed by atoms with Crippen molar-refractivity contribution in [2.45, 2.75) is 51.6 Å². The largest absolute Gasteiger partial charge is 0.372 e. The molecule has 0 bridgehead atoms. The van der Waals surface area contributed by atoms with Crippen molar-refractivity contribution in [3.05, 3.63) is 35.4 Å². The Hall–Kier alpha value is -0.860. The first kappa shape index (κ1) is 14.1. The van der Waals surface area contributed by atoms with E-state index in [2.05, 4.69) is 43.4 Å². The maximum atomic E-state index is 6.26. The fourth-order valence-corrected chi connectivity index (χ4v) is 3.61. The molecule has 3 rings (SSSR count). The van der Waals surface area contributed by atoms with Gasteiger partial charge in [-0.25, -0.2) is 0 Å². The van der Waals surface area contributed by atoms with E-state index < -0.39 is 0 Å². The highest BCUT2D eigenvalue weighted by Gasteiger charge is 2.36. The van der Waals surface area contributed by atoms with Crippen molar-refractivity contribution in [1.29, 1.82) is 0 Å². The zero-order valence-electron chi connectivity index (χ0n) is 12.8. The predicted octanol–water partition coefficient (Wildman–Crippen LogP) is 4.03. The molecule has 1 saturated carbocycles. The Balaban J connectivity index is 1.68. The van der Waals surface area contributed by atoms with Crippen molar-refractivity contribution in [2.24, 2.45) is 5.41 Å². The average Bonchev–Trinajstić information content (AvgIpc) is 2.81.